The summed E-state index contributed by atoms with van der Waals surface area (Å²) in [6, 6.07) is 5.65. The lowest BCUT2D eigenvalue weighted by molar-refractivity contribution is -0.142. The summed E-state index contributed by atoms with van der Waals surface area (Å²) in [6.07, 6.45) is 4.28. The van der Waals surface area contributed by atoms with Crippen LogP contribution in [0.1, 0.15) is 37.7 Å². The van der Waals surface area contributed by atoms with Crippen LogP contribution in [0.2, 0.25) is 0 Å². The van der Waals surface area contributed by atoms with Crippen LogP contribution in [0.25, 0.3) is 0 Å². The lowest BCUT2D eigenvalue weighted by Crippen LogP contribution is -2.34. The predicted molar refractivity (Wildman–Crippen MR) is 72.7 cm³/mol. The minimum atomic E-state index is -0.815. The van der Waals surface area contributed by atoms with Crippen LogP contribution in [0.3, 0.4) is 0 Å². The highest BCUT2D eigenvalue weighted by molar-refractivity contribution is 5.72. The lowest BCUT2D eigenvalue weighted by atomic mass is 9.94. The number of carboxylic acid groups (broad SMARTS) is 1. The van der Waals surface area contributed by atoms with Gasteiger partial charge in [-0.1, -0.05) is 19.3 Å². The van der Waals surface area contributed by atoms with E-state index >= 15 is 0 Å². The zero-order chi connectivity index (χ0) is 14.5. The van der Waals surface area contributed by atoms with E-state index < -0.39 is 17.7 Å². The summed E-state index contributed by atoms with van der Waals surface area (Å²) in [5.74, 6) is -1.75. The molecule has 4 nitrogen and oxygen atoms in total. The molecule has 2 atom stereocenters. The van der Waals surface area contributed by atoms with Gasteiger partial charge in [0.25, 0.3) is 0 Å². The summed E-state index contributed by atoms with van der Waals surface area (Å²) in [5, 5.41) is 21.5. The third-order valence-corrected chi connectivity index (χ3v) is 3.78. The van der Waals surface area contributed by atoms with Crippen molar-refractivity contribution in [1.29, 1.82) is 5.26 Å². The van der Waals surface area contributed by atoms with Crippen LogP contribution in [0.5, 0.6) is 0 Å². The van der Waals surface area contributed by atoms with Crippen LogP contribution >= 0.6 is 0 Å². The highest BCUT2D eigenvalue weighted by atomic mass is 19.1. The molecule has 1 aromatic carbocycles. The number of benzene rings is 1. The van der Waals surface area contributed by atoms with Gasteiger partial charge in [0.15, 0.2) is 0 Å². The lowest BCUT2D eigenvalue weighted by Gasteiger charge is -2.24. The van der Waals surface area contributed by atoms with Crippen molar-refractivity contribution in [3.05, 3.63) is 29.6 Å². The van der Waals surface area contributed by atoms with Crippen LogP contribution in [-0.4, -0.2) is 17.1 Å². The molecule has 20 heavy (non-hydrogen) atoms. The average Bonchev–Trinajstić information content (AvgIpc) is 2.66. The van der Waals surface area contributed by atoms with E-state index in [-0.39, 0.29) is 11.6 Å². The van der Waals surface area contributed by atoms with Gasteiger partial charge in [-0.15, -0.1) is 0 Å². The van der Waals surface area contributed by atoms with Crippen molar-refractivity contribution in [2.45, 2.75) is 38.1 Å². The number of rotatable bonds is 3. The SMILES string of the molecule is N#Cc1cc(F)ccc1NC1CCCCCC1C(=O)O. The molecule has 2 N–H and O–H groups in total. The smallest absolute Gasteiger partial charge is 0.308 e. The summed E-state index contributed by atoms with van der Waals surface area (Å²) >= 11 is 0. The maximum absolute atomic E-state index is 13.1. The van der Waals surface area contributed by atoms with Crippen LogP contribution < -0.4 is 5.32 Å². The van der Waals surface area contributed by atoms with Crippen LogP contribution in [0.4, 0.5) is 10.1 Å². The highest BCUT2D eigenvalue weighted by Gasteiger charge is 2.29. The first-order valence-corrected chi connectivity index (χ1v) is 6.81. The minimum absolute atomic E-state index is 0.207. The fourth-order valence-electron chi connectivity index (χ4n) is 2.71. The van der Waals surface area contributed by atoms with E-state index in [0.717, 1.165) is 31.7 Å². The molecule has 0 bridgehead atoms. The maximum atomic E-state index is 13.1. The van der Waals surface area contributed by atoms with Crippen LogP contribution in [-0.2, 0) is 4.79 Å². The van der Waals surface area contributed by atoms with E-state index in [2.05, 4.69) is 5.32 Å². The van der Waals surface area contributed by atoms with Crippen molar-refractivity contribution in [1.82, 2.24) is 0 Å². The molecule has 0 spiro atoms. The van der Waals surface area contributed by atoms with E-state index in [1.54, 1.807) is 0 Å². The van der Waals surface area contributed by atoms with Crippen LogP contribution in [0, 0.1) is 23.1 Å². The first-order chi connectivity index (χ1) is 9.61. The van der Waals surface area contributed by atoms with Crippen LogP contribution in [0.15, 0.2) is 18.2 Å². The fourth-order valence-corrected chi connectivity index (χ4v) is 2.71. The van der Waals surface area contributed by atoms with Crippen molar-refractivity contribution in [3.8, 4) is 6.07 Å². The van der Waals surface area contributed by atoms with E-state index in [1.807, 2.05) is 6.07 Å². The van der Waals surface area contributed by atoms with Gasteiger partial charge in [-0.25, -0.2) is 4.39 Å². The van der Waals surface area contributed by atoms with E-state index in [1.165, 1.54) is 12.1 Å². The van der Waals surface area contributed by atoms with Gasteiger partial charge in [0.05, 0.1) is 17.2 Å². The topological polar surface area (TPSA) is 73.1 Å². The highest BCUT2D eigenvalue weighted by Crippen LogP contribution is 2.28. The van der Waals surface area contributed by atoms with Crippen molar-refractivity contribution < 1.29 is 14.3 Å². The largest absolute Gasteiger partial charge is 0.481 e. The standard InChI is InChI=1S/C15H17FN2O2/c16-11-6-7-13(10(8-11)9-17)18-14-5-3-1-2-4-12(14)15(19)20/h6-8,12,14,18H,1-5H2,(H,19,20). The minimum Gasteiger partial charge on any atom is -0.481 e. The number of carbonyl (C=O) groups is 1. The Labute approximate surface area is 117 Å². The number of nitrogens with zero attached hydrogens (tertiary/aromatic N) is 1. The summed E-state index contributed by atoms with van der Waals surface area (Å²) in [7, 11) is 0. The Kier molecular flexibility index (Phi) is 4.57. The molecule has 0 radical (unpaired) electrons. The molecule has 1 fully saturated rings. The monoisotopic (exact) mass is 276 g/mol. The number of nitrogens with one attached hydrogen (secondary N) is 1. The van der Waals surface area contributed by atoms with Gasteiger partial charge in [-0.05, 0) is 31.0 Å². The zero-order valence-corrected chi connectivity index (χ0v) is 11.1. The first kappa shape index (κ1) is 14.3. The second kappa shape index (κ2) is 6.38. The number of carboxylic acids is 1. The summed E-state index contributed by atoms with van der Waals surface area (Å²) in [5.41, 5.74) is 0.713. The van der Waals surface area contributed by atoms with Crippen molar-refractivity contribution in [2.24, 2.45) is 5.92 Å². The van der Waals surface area contributed by atoms with Gasteiger partial charge in [0.1, 0.15) is 11.9 Å². The predicted octanol–water partition coefficient (Wildman–Crippen LogP) is 3.14. The molecule has 1 aromatic rings. The Balaban J connectivity index is 2.22. The van der Waals surface area contributed by atoms with Crippen molar-refractivity contribution in [2.75, 3.05) is 5.32 Å². The van der Waals surface area contributed by atoms with E-state index in [9.17, 15) is 14.3 Å². The second-order valence-electron chi connectivity index (χ2n) is 5.14. The van der Waals surface area contributed by atoms with Gasteiger partial charge in [-0.2, -0.15) is 5.26 Å². The Morgan fingerprint density at radius 1 is 1.35 bits per heavy atom. The molecule has 0 amide bonds. The molecule has 0 aliphatic heterocycles. The van der Waals surface area contributed by atoms with Crippen molar-refractivity contribution >= 4 is 11.7 Å². The molecular formula is C15H17FN2O2. The van der Waals surface area contributed by atoms with Gasteiger partial charge >= 0.3 is 5.97 Å². The molecule has 1 aliphatic rings. The Morgan fingerprint density at radius 3 is 2.80 bits per heavy atom. The number of nitriles is 1. The number of aliphatic carboxylic acids is 1. The summed E-state index contributed by atoms with van der Waals surface area (Å²) in [6.45, 7) is 0. The Morgan fingerprint density at radius 2 is 2.10 bits per heavy atom. The second-order valence-corrected chi connectivity index (χ2v) is 5.14. The fraction of sp³-hybridized carbons (Fsp3) is 0.467. The van der Waals surface area contributed by atoms with Crippen molar-refractivity contribution in [3.63, 3.8) is 0 Å². The van der Waals surface area contributed by atoms with Gasteiger partial charge in [0, 0.05) is 6.04 Å². The number of hydrogen-bond donors (Lipinski definition) is 2. The number of anilines is 1. The molecular weight excluding hydrogens is 259 g/mol. The molecule has 5 heteroatoms. The Hall–Kier alpha value is -2.09. The molecule has 0 aromatic heterocycles. The number of hydrogen-bond acceptors (Lipinski definition) is 3. The van der Waals surface area contributed by atoms with Gasteiger partial charge in [0.2, 0.25) is 0 Å². The summed E-state index contributed by atoms with van der Waals surface area (Å²) in [4.78, 5) is 11.4. The third kappa shape index (κ3) is 3.27. The zero-order valence-electron chi connectivity index (χ0n) is 11.1. The first-order valence-electron chi connectivity index (χ1n) is 6.81. The average molecular weight is 276 g/mol. The van der Waals surface area contributed by atoms with Gasteiger partial charge in [-0.3, -0.25) is 4.79 Å². The molecule has 0 heterocycles. The van der Waals surface area contributed by atoms with E-state index in [4.69, 9.17) is 5.26 Å². The maximum Gasteiger partial charge on any atom is 0.308 e. The molecule has 1 aliphatic carbocycles. The molecule has 2 unspecified atom stereocenters. The normalized spacial score (nSPS) is 22.6. The molecule has 2 rings (SSSR count). The molecule has 1 saturated carbocycles. The van der Waals surface area contributed by atoms with E-state index in [0.29, 0.717) is 12.1 Å². The molecule has 106 valence electrons. The van der Waals surface area contributed by atoms with Gasteiger partial charge < -0.3 is 10.4 Å². The third-order valence-electron chi connectivity index (χ3n) is 3.78. The quantitative estimate of drug-likeness (QED) is 0.832. The Bertz CT molecular complexity index is 539. The summed E-state index contributed by atoms with van der Waals surface area (Å²) < 4.78 is 13.1. The number of halogens is 1. The molecule has 0 saturated heterocycles.